The minimum absolute atomic E-state index is 0. The molecular formula is C20H30Cl2N2O3. The van der Waals surface area contributed by atoms with Crippen LogP contribution in [0.25, 0.3) is 0 Å². The Morgan fingerprint density at radius 3 is 2.70 bits per heavy atom. The topological polar surface area (TPSA) is 64.8 Å². The van der Waals surface area contributed by atoms with E-state index in [1.807, 2.05) is 11.8 Å². The Balaban J connectivity index is 0.00000261. The number of nitrogens with zero attached hydrogens (tertiary/aromatic N) is 1. The van der Waals surface area contributed by atoms with Gasteiger partial charge in [0.1, 0.15) is 0 Å². The highest BCUT2D eigenvalue weighted by atomic mass is 35.5. The fraction of sp³-hybridized carbons (Fsp3) is 0.650. The van der Waals surface area contributed by atoms with Crippen molar-refractivity contribution in [2.75, 3.05) is 26.3 Å². The van der Waals surface area contributed by atoms with E-state index in [0.717, 1.165) is 38.8 Å². The molecule has 2 aliphatic rings. The molecular weight excluding hydrogens is 387 g/mol. The molecule has 0 bridgehead atoms. The van der Waals surface area contributed by atoms with E-state index >= 15 is 0 Å². The number of likely N-dealkylation sites (tertiary alicyclic amines) is 1. The van der Waals surface area contributed by atoms with Crippen LogP contribution in [-0.4, -0.2) is 43.2 Å². The maximum Gasteiger partial charge on any atom is 0.254 e. The molecule has 1 amide bonds. The van der Waals surface area contributed by atoms with Crippen molar-refractivity contribution in [2.45, 2.75) is 45.6 Å². The third-order valence-corrected chi connectivity index (χ3v) is 5.78. The lowest BCUT2D eigenvalue weighted by Crippen LogP contribution is -2.33. The molecule has 27 heavy (non-hydrogen) atoms. The van der Waals surface area contributed by atoms with Gasteiger partial charge in [-0.05, 0) is 50.2 Å². The Labute approximate surface area is 172 Å². The average Bonchev–Trinajstić information content (AvgIpc) is 3.19. The summed E-state index contributed by atoms with van der Waals surface area (Å²) in [6, 6.07) is 3.67. The summed E-state index contributed by atoms with van der Waals surface area (Å²) in [6.07, 6.45) is 4.17. The Morgan fingerprint density at radius 2 is 2.04 bits per heavy atom. The van der Waals surface area contributed by atoms with Gasteiger partial charge in [-0.1, -0.05) is 24.9 Å². The third kappa shape index (κ3) is 4.82. The van der Waals surface area contributed by atoms with Gasteiger partial charge in [-0.15, -0.1) is 12.4 Å². The molecule has 1 saturated heterocycles. The zero-order valence-electron chi connectivity index (χ0n) is 16.1. The van der Waals surface area contributed by atoms with Crippen LogP contribution in [0.15, 0.2) is 12.1 Å². The lowest BCUT2D eigenvalue weighted by Gasteiger charge is -2.20. The highest BCUT2D eigenvalue weighted by Crippen LogP contribution is 2.40. The SMILES string of the molecule is CCCCOc1c(Cl)cc(C(=O)N2CC3CCC(N)C3C2)cc1OCC.Cl. The van der Waals surface area contributed by atoms with E-state index in [-0.39, 0.29) is 24.4 Å². The summed E-state index contributed by atoms with van der Waals surface area (Å²) in [5, 5.41) is 0.423. The molecule has 0 spiro atoms. The van der Waals surface area contributed by atoms with E-state index in [1.165, 1.54) is 0 Å². The van der Waals surface area contributed by atoms with Gasteiger partial charge in [-0.25, -0.2) is 0 Å². The molecule has 1 aromatic rings. The normalized spacial score (nSPS) is 23.7. The van der Waals surface area contributed by atoms with Gasteiger partial charge in [-0.3, -0.25) is 4.79 Å². The zero-order chi connectivity index (χ0) is 18.7. The summed E-state index contributed by atoms with van der Waals surface area (Å²) in [6.45, 7) is 6.60. The van der Waals surface area contributed by atoms with Gasteiger partial charge in [0.05, 0.1) is 18.2 Å². The van der Waals surface area contributed by atoms with E-state index in [4.69, 9.17) is 26.8 Å². The summed E-state index contributed by atoms with van der Waals surface area (Å²) in [4.78, 5) is 14.9. The number of nitrogens with two attached hydrogens (primary N) is 1. The molecule has 1 aromatic carbocycles. The third-order valence-electron chi connectivity index (χ3n) is 5.50. The number of halogens is 2. The van der Waals surface area contributed by atoms with Crippen molar-refractivity contribution in [3.05, 3.63) is 22.7 Å². The molecule has 7 heteroatoms. The molecule has 5 nitrogen and oxygen atoms in total. The summed E-state index contributed by atoms with van der Waals surface area (Å²) in [5.74, 6) is 2.02. The Morgan fingerprint density at radius 1 is 1.26 bits per heavy atom. The van der Waals surface area contributed by atoms with E-state index in [0.29, 0.717) is 47.1 Å². The first-order chi connectivity index (χ1) is 12.5. The largest absolute Gasteiger partial charge is 0.490 e. The monoisotopic (exact) mass is 416 g/mol. The average molecular weight is 417 g/mol. The zero-order valence-corrected chi connectivity index (χ0v) is 17.7. The van der Waals surface area contributed by atoms with Gasteiger partial charge in [0.25, 0.3) is 5.91 Å². The van der Waals surface area contributed by atoms with E-state index in [1.54, 1.807) is 12.1 Å². The van der Waals surface area contributed by atoms with Crippen molar-refractivity contribution in [1.82, 2.24) is 4.90 Å². The van der Waals surface area contributed by atoms with Gasteiger partial charge in [0.2, 0.25) is 0 Å². The molecule has 1 aliphatic heterocycles. The number of carbonyl (C=O) groups excluding carboxylic acids is 1. The van der Waals surface area contributed by atoms with E-state index in [9.17, 15) is 4.79 Å². The van der Waals surface area contributed by atoms with Gasteiger partial charge in [0.15, 0.2) is 11.5 Å². The fourth-order valence-corrected chi connectivity index (χ4v) is 4.33. The van der Waals surface area contributed by atoms with Gasteiger partial charge in [0, 0.05) is 24.7 Å². The van der Waals surface area contributed by atoms with Crippen LogP contribution in [0.2, 0.25) is 5.02 Å². The quantitative estimate of drug-likeness (QED) is 0.677. The van der Waals surface area contributed by atoms with Crippen molar-refractivity contribution in [2.24, 2.45) is 17.6 Å². The Kier molecular flexibility index (Phi) is 8.07. The second-order valence-corrected chi connectivity index (χ2v) is 7.70. The van der Waals surface area contributed by atoms with Crippen molar-refractivity contribution < 1.29 is 14.3 Å². The number of hydrogen-bond donors (Lipinski definition) is 1. The summed E-state index contributed by atoms with van der Waals surface area (Å²) >= 11 is 6.42. The molecule has 0 radical (unpaired) electrons. The van der Waals surface area contributed by atoms with Gasteiger partial charge < -0.3 is 20.1 Å². The molecule has 3 unspecified atom stereocenters. The first kappa shape index (κ1) is 22.1. The first-order valence-electron chi connectivity index (χ1n) is 9.69. The van der Waals surface area contributed by atoms with Crippen LogP contribution in [0, 0.1) is 11.8 Å². The van der Waals surface area contributed by atoms with Crippen molar-refractivity contribution in [1.29, 1.82) is 0 Å². The van der Waals surface area contributed by atoms with Crippen molar-refractivity contribution in [3.8, 4) is 11.5 Å². The predicted molar refractivity (Wildman–Crippen MR) is 110 cm³/mol. The minimum atomic E-state index is -0.00504. The van der Waals surface area contributed by atoms with Crippen molar-refractivity contribution in [3.63, 3.8) is 0 Å². The molecule has 2 N–H and O–H groups in total. The predicted octanol–water partition coefficient (Wildman–Crippen LogP) is 4.15. The minimum Gasteiger partial charge on any atom is -0.490 e. The number of unbranched alkanes of at least 4 members (excludes halogenated alkanes) is 1. The number of rotatable bonds is 7. The smallest absolute Gasteiger partial charge is 0.254 e. The van der Waals surface area contributed by atoms with Crippen LogP contribution < -0.4 is 15.2 Å². The number of hydrogen-bond acceptors (Lipinski definition) is 4. The highest BCUT2D eigenvalue weighted by Gasteiger charge is 2.42. The molecule has 152 valence electrons. The number of ether oxygens (including phenoxy) is 2. The molecule has 3 rings (SSSR count). The lowest BCUT2D eigenvalue weighted by atomic mass is 9.98. The summed E-state index contributed by atoms with van der Waals surface area (Å²) in [7, 11) is 0. The maximum atomic E-state index is 13.0. The number of amides is 1. The molecule has 2 fully saturated rings. The number of benzene rings is 1. The Hall–Kier alpha value is -1.17. The van der Waals surface area contributed by atoms with E-state index < -0.39 is 0 Å². The number of carbonyl (C=O) groups is 1. The van der Waals surface area contributed by atoms with Crippen LogP contribution in [0.3, 0.4) is 0 Å². The molecule has 0 aromatic heterocycles. The van der Waals surface area contributed by atoms with Gasteiger partial charge in [-0.2, -0.15) is 0 Å². The van der Waals surface area contributed by atoms with E-state index in [2.05, 4.69) is 6.92 Å². The Bertz CT molecular complexity index is 656. The van der Waals surface area contributed by atoms with Crippen LogP contribution in [-0.2, 0) is 0 Å². The summed E-state index contributed by atoms with van der Waals surface area (Å²) in [5.41, 5.74) is 6.74. The van der Waals surface area contributed by atoms with Crippen LogP contribution >= 0.6 is 24.0 Å². The molecule has 1 saturated carbocycles. The molecule has 3 atom stereocenters. The second-order valence-electron chi connectivity index (χ2n) is 7.30. The van der Waals surface area contributed by atoms with Crippen LogP contribution in [0.4, 0.5) is 0 Å². The molecule has 1 aliphatic carbocycles. The van der Waals surface area contributed by atoms with Gasteiger partial charge >= 0.3 is 0 Å². The fourth-order valence-electron chi connectivity index (χ4n) is 4.07. The second kappa shape index (κ2) is 9.85. The standard InChI is InChI=1S/C20H29ClN2O3.ClH/c1-3-5-8-26-19-16(21)9-14(10-18(19)25-4-2)20(24)23-11-13-6-7-17(22)15(13)12-23;/h9-10,13,15,17H,3-8,11-12,22H2,1-2H3;1H. The summed E-state index contributed by atoms with van der Waals surface area (Å²) < 4.78 is 11.5. The first-order valence-corrected chi connectivity index (χ1v) is 10.1. The van der Waals surface area contributed by atoms with Crippen LogP contribution in [0.5, 0.6) is 11.5 Å². The lowest BCUT2D eigenvalue weighted by molar-refractivity contribution is 0.0779. The highest BCUT2D eigenvalue weighted by molar-refractivity contribution is 6.32. The van der Waals surface area contributed by atoms with Crippen molar-refractivity contribution >= 4 is 29.9 Å². The molecule has 1 heterocycles. The van der Waals surface area contributed by atoms with Crippen LogP contribution in [0.1, 0.15) is 49.9 Å². The maximum absolute atomic E-state index is 13.0. The number of fused-ring (bicyclic) bond motifs is 1.